The fourth-order valence-electron chi connectivity index (χ4n) is 2.33. The van der Waals surface area contributed by atoms with Crippen molar-refractivity contribution < 1.29 is 9.90 Å². The lowest BCUT2D eigenvalue weighted by Crippen LogP contribution is -2.38. The molecule has 0 aliphatic heterocycles. The lowest BCUT2D eigenvalue weighted by atomic mass is 9.93. The van der Waals surface area contributed by atoms with Crippen LogP contribution >= 0.6 is 0 Å². The van der Waals surface area contributed by atoms with Crippen LogP contribution in [0, 0.1) is 0 Å². The van der Waals surface area contributed by atoms with Crippen molar-refractivity contribution in [2.75, 3.05) is 0 Å². The molecule has 98 valence electrons. The van der Waals surface area contributed by atoms with E-state index < -0.39 is 0 Å². The summed E-state index contributed by atoms with van der Waals surface area (Å²) in [5.41, 5.74) is 1.14. The number of rotatable bonds is 4. The lowest BCUT2D eigenvalue weighted by molar-refractivity contribution is -0.122. The standard InChI is InChI=1S/C14H20N2O2/c17-13-4-2-12(3-5-13)16-14(18)6-1-11-7-9-15-10-8-11/h7-10,12-13,17H,1-6H2,(H,16,18). The van der Waals surface area contributed by atoms with Gasteiger partial charge in [0, 0.05) is 24.9 Å². The highest BCUT2D eigenvalue weighted by atomic mass is 16.3. The van der Waals surface area contributed by atoms with Gasteiger partial charge in [0.2, 0.25) is 5.91 Å². The summed E-state index contributed by atoms with van der Waals surface area (Å²) < 4.78 is 0. The Kier molecular flexibility index (Phi) is 4.70. The Morgan fingerprint density at radius 1 is 1.28 bits per heavy atom. The summed E-state index contributed by atoms with van der Waals surface area (Å²) in [4.78, 5) is 15.7. The predicted octanol–water partition coefficient (Wildman–Crippen LogP) is 1.43. The third-order valence-electron chi connectivity index (χ3n) is 3.45. The Morgan fingerprint density at radius 2 is 1.94 bits per heavy atom. The van der Waals surface area contributed by atoms with Crippen molar-refractivity contribution in [1.29, 1.82) is 0 Å². The summed E-state index contributed by atoms with van der Waals surface area (Å²) in [7, 11) is 0. The van der Waals surface area contributed by atoms with Gasteiger partial charge in [0.05, 0.1) is 6.10 Å². The molecule has 1 aliphatic rings. The molecule has 0 unspecified atom stereocenters. The molecule has 1 saturated carbocycles. The van der Waals surface area contributed by atoms with Gasteiger partial charge in [0.15, 0.2) is 0 Å². The van der Waals surface area contributed by atoms with Crippen LogP contribution in [0.15, 0.2) is 24.5 Å². The van der Waals surface area contributed by atoms with Crippen LogP contribution in [0.5, 0.6) is 0 Å². The predicted molar refractivity (Wildman–Crippen MR) is 69.0 cm³/mol. The van der Waals surface area contributed by atoms with Crippen molar-refractivity contribution in [3.63, 3.8) is 0 Å². The molecule has 1 aromatic heterocycles. The first-order valence-electron chi connectivity index (χ1n) is 6.60. The minimum atomic E-state index is -0.171. The molecule has 1 amide bonds. The Bertz CT molecular complexity index is 373. The molecule has 0 atom stereocenters. The zero-order valence-electron chi connectivity index (χ0n) is 10.5. The maximum Gasteiger partial charge on any atom is 0.220 e. The average molecular weight is 248 g/mol. The van der Waals surface area contributed by atoms with Gasteiger partial charge in [0.25, 0.3) is 0 Å². The molecular weight excluding hydrogens is 228 g/mol. The van der Waals surface area contributed by atoms with Crippen LogP contribution in [0.2, 0.25) is 0 Å². The van der Waals surface area contributed by atoms with Crippen LogP contribution in [0.3, 0.4) is 0 Å². The first-order chi connectivity index (χ1) is 8.74. The van der Waals surface area contributed by atoms with Crippen molar-refractivity contribution in [2.24, 2.45) is 0 Å². The average Bonchev–Trinajstić information content (AvgIpc) is 2.40. The van der Waals surface area contributed by atoms with Crippen LogP contribution in [-0.4, -0.2) is 28.1 Å². The molecule has 1 aliphatic carbocycles. The van der Waals surface area contributed by atoms with Gasteiger partial charge in [-0.3, -0.25) is 9.78 Å². The number of carbonyl (C=O) groups is 1. The third-order valence-corrected chi connectivity index (χ3v) is 3.45. The second-order valence-electron chi connectivity index (χ2n) is 4.93. The van der Waals surface area contributed by atoms with Crippen molar-refractivity contribution in [3.05, 3.63) is 30.1 Å². The van der Waals surface area contributed by atoms with Crippen LogP contribution in [-0.2, 0) is 11.2 Å². The number of aryl methyl sites for hydroxylation is 1. The van der Waals surface area contributed by atoms with Crippen molar-refractivity contribution >= 4 is 5.91 Å². The van der Waals surface area contributed by atoms with Gasteiger partial charge < -0.3 is 10.4 Å². The molecule has 18 heavy (non-hydrogen) atoms. The molecule has 0 spiro atoms. The van der Waals surface area contributed by atoms with Crippen molar-refractivity contribution in [1.82, 2.24) is 10.3 Å². The van der Waals surface area contributed by atoms with E-state index in [0.717, 1.165) is 37.7 Å². The largest absolute Gasteiger partial charge is 0.393 e. The molecule has 1 aromatic rings. The second-order valence-corrected chi connectivity index (χ2v) is 4.93. The zero-order chi connectivity index (χ0) is 12.8. The second kappa shape index (κ2) is 6.50. The zero-order valence-corrected chi connectivity index (χ0v) is 10.5. The minimum absolute atomic E-state index is 0.105. The van der Waals surface area contributed by atoms with Gasteiger partial charge in [-0.2, -0.15) is 0 Å². The smallest absolute Gasteiger partial charge is 0.220 e. The number of amides is 1. The summed E-state index contributed by atoms with van der Waals surface area (Å²) in [6.07, 6.45) is 7.97. The number of aliphatic hydroxyl groups is 1. The van der Waals surface area contributed by atoms with E-state index in [-0.39, 0.29) is 18.1 Å². The van der Waals surface area contributed by atoms with Crippen LogP contribution in [0.4, 0.5) is 0 Å². The normalized spacial score (nSPS) is 23.6. The van der Waals surface area contributed by atoms with Crippen LogP contribution < -0.4 is 5.32 Å². The topological polar surface area (TPSA) is 62.2 Å². The summed E-state index contributed by atoms with van der Waals surface area (Å²) in [5.74, 6) is 0.105. The lowest BCUT2D eigenvalue weighted by Gasteiger charge is -2.26. The van der Waals surface area contributed by atoms with E-state index in [2.05, 4.69) is 10.3 Å². The number of hydrogen-bond donors (Lipinski definition) is 2. The summed E-state index contributed by atoms with van der Waals surface area (Å²) in [5, 5.41) is 12.4. The number of aromatic nitrogens is 1. The van der Waals surface area contributed by atoms with Crippen molar-refractivity contribution in [2.45, 2.75) is 50.7 Å². The quantitative estimate of drug-likeness (QED) is 0.847. The van der Waals surface area contributed by atoms with E-state index in [1.807, 2.05) is 12.1 Å². The van der Waals surface area contributed by atoms with E-state index in [9.17, 15) is 9.90 Å². The van der Waals surface area contributed by atoms with Crippen molar-refractivity contribution in [3.8, 4) is 0 Å². The van der Waals surface area contributed by atoms with E-state index in [4.69, 9.17) is 0 Å². The fraction of sp³-hybridized carbons (Fsp3) is 0.571. The molecule has 2 N–H and O–H groups in total. The highest BCUT2D eigenvalue weighted by molar-refractivity contribution is 5.76. The molecule has 0 bridgehead atoms. The van der Waals surface area contributed by atoms with Gasteiger partial charge in [-0.1, -0.05) is 0 Å². The highest BCUT2D eigenvalue weighted by Crippen LogP contribution is 2.18. The minimum Gasteiger partial charge on any atom is -0.393 e. The fourth-order valence-corrected chi connectivity index (χ4v) is 2.33. The number of hydrogen-bond acceptors (Lipinski definition) is 3. The molecule has 0 aromatic carbocycles. The maximum absolute atomic E-state index is 11.8. The maximum atomic E-state index is 11.8. The van der Waals surface area contributed by atoms with Gasteiger partial charge in [0.1, 0.15) is 0 Å². The summed E-state index contributed by atoms with van der Waals surface area (Å²) in [6.45, 7) is 0. The van der Waals surface area contributed by atoms with Crippen LogP contribution in [0.25, 0.3) is 0 Å². The van der Waals surface area contributed by atoms with Gasteiger partial charge in [-0.15, -0.1) is 0 Å². The number of aliphatic hydroxyl groups excluding tert-OH is 1. The summed E-state index contributed by atoms with van der Waals surface area (Å²) >= 11 is 0. The molecule has 1 fully saturated rings. The molecule has 0 radical (unpaired) electrons. The number of nitrogens with one attached hydrogen (secondary N) is 1. The Morgan fingerprint density at radius 3 is 2.61 bits per heavy atom. The Balaban J connectivity index is 1.69. The number of carbonyl (C=O) groups excluding carboxylic acids is 1. The first-order valence-corrected chi connectivity index (χ1v) is 6.60. The number of pyridine rings is 1. The Labute approximate surface area is 107 Å². The van der Waals surface area contributed by atoms with Gasteiger partial charge in [-0.05, 0) is 49.8 Å². The highest BCUT2D eigenvalue weighted by Gasteiger charge is 2.20. The van der Waals surface area contributed by atoms with E-state index in [1.54, 1.807) is 12.4 Å². The third kappa shape index (κ3) is 4.11. The van der Waals surface area contributed by atoms with E-state index >= 15 is 0 Å². The Hall–Kier alpha value is -1.42. The number of nitrogens with zero attached hydrogens (tertiary/aromatic N) is 1. The molecule has 4 heteroatoms. The SMILES string of the molecule is O=C(CCc1ccncc1)NC1CCC(O)CC1. The molecular formula is C14H20N2O2. The van der Waals surface area contributed by atoms with E-state index in [0.29, 0.717) is 6.42 Å². The molecule has 4 nitrogen and oxygen atoms in total. The molecule has 1 heterocycles. The molecule has 2 rings (SSSR count). The summed E-state index contributed by atoms with van der Waals surface area (Å²) in [6, 6.07) is 4.12. The van der Waals surface area contributed by atoms with Crippen LogP contribution in [0.1, 0.15) is 37.7 Å². The van der Waals surface area contributed by atoms with Gasteiger partial charge >= 0.3 is 0 Å². The first kappa shape index (κ1) is 13.0. The molecule has 0 saturated heterocycles. The van der Waals surface area contributed by atoms with Gasteiger partial charge in [-0.25, -0.2) is 0 Å². The van der Waals surface area contributed by atoms with E-state index in [1.165, 1.54) is 0 Å². The monoisotopic (exact) mass is 248 g/mol.